The highest BCUT2D eigenvalue weighted by molar-refractivity contribution is 5.98. The van der Waals surface area contributed by atoms with Gasteiger partial charge in [0.25, 0.3) is 0 Å². The summed E-state index contributed by atoms with van der Waals surface area (Å²) < 4.78 is 10.1. The normalized spacial score (nSPS) is 13.2. The molecule has 4 nitrogen and oxygen atoms in total. The summed E-state index contributed by atoms with van der Waals surface area (Å²) >= 11 is 0. The summed E-state index contributed by atoms with van der Waals surface area (Å²) in [5.74, 6) is 3.54. The van der Waals surface area contributed by atoms with Gasteiger partial charge >= 0.3 is 5.97 Å². The van der Waals surface area contributed by atoms with Crippen LogP contribution < -0.4 is 0 Å². The Labute approximate surface area is 96.3 Å². The number of hydrogen-bond acceptors (Lipinski definition) is 4. The Hall–Kier alpha value is -1.34. The van der Waals surface area contributed by atoms with Crippen LogP contribution in [0.15, 0.2) is 0 Å². The van der Waals surface area contributed by atoms with Crippen LogP contribution in [0, 0.1) is 17.8 Å². The molecule has 2 atom stereocenters. The minimum atomic E-state index is -0.952. The molecule has 4 heteroatoms. The molecular formula is C12H18O4. The van der Waals surface area contributed by atoms with E-state index in [1.807, 2.05) is 0 Å². The maximum absolute atomic E-state index is 11.6. The highest BCUT2D eigenvalue weighted by Crippen LogP contribution is 2.11. The highest BCUT2D eigenvalue weighted by Gasteiger charge is 2.33. The molecular weight excluding hydrogens is 208 g/mol. The second kappa shape index (κ2) is 7.89. The quantitative estimate of drug-likeness (QED) is 0.388. The molecule has 0 saturated heterocycles. The number of ketones is 1. The number of carbonyl (C=O) groups excluding carboxylic acids is 2. The van der Waals surface area contributed by atoms with Crippen molar-refractivity contribution in [3.05, 3.63) is 0 Å². The standard InChI is InChI=1S/C12H18O4/c1-5-8-10(15-6-2)11(9(4)13)12(14)16-7-3/h10-11H,6-7H2,1-4H3. The minimum Gasteiger partial charge on any atom is -0.465 e. The first-order valence-corrected chi connectivity index (χ1v) is 5.29. The van der Waals surface area contributed by atoms with Gasteiger partial charge in [-0.1, -0.05) is 5.92 Å². The number of esters is 1. The average Bonchev–Trinajstić information content (AvgIpc) is 2.18. The summed E-state index contributed by atoms with van der Waals surface area (Å²) in [6.45, 7) is 7.08. The van der Waals surface area contributed by atoms with Crippen LogP contribution in [0.25, 0.3) is 0 Å². The van der Waals surface area contributed by atoms with Crippen LogP contribution >= 0.6 is 0 Å². The van der Waals surface area contributed by atoms with Crippen molar-refractivity contribution in [2.45, 2.75) is 33.8 Å². The molecule has 16 heavy (non-hydrogen) atoms. The van der Waals surface area contributed by atoms with Gasteiger partial charge in [-0.05, 0) is 27.7 Å². The van der Waals surface area contributed by atoms with E-state index in [0.29, 0.717) is 6.61 Å². The zero-order valence-electron chi connectivity index (χ0n) is 10.2. The van der Waals surface area contributed by atoms with Crippen LogP contribution in [0.2, 0.25) is 0 Å². The third-order valence-corrected chi connectivity index (χ3v) is 1.91. The SMILES string of the molecule is CC#CC(OCC)C(C(C)=O)C(=O)OCC. The lowest BCUT2D eigenvalue weighted by Gasteiger charge is -2.18. The molecule has 0 aliphatic rings. The number of carbonyl (C=O) groups is 2. The van der Waals surface area contributed by atoms with E-state index in [1.54, 1.807) is 20.8 Å². The summed E-state index contributed by atoms with van der Waals surface area (Å²) in [7, 11) is 0. The van der Waals surface area contributed by atoms with Gasteiger partial charge in [0.2, 0.25) is 0 Å². The van der Waals surface area contributed by atoms with Crippen LogP contribution in [0.4, 0.5) is 0 Å². The predicted octanol–water partition coefficient (Wildman–Crippen LogP) is 1.18. The second-order valence-electron chi connectivity index (χ2n) is 3.11. The molecule has 0 rings (SSSR count). The van der Waals surface area contributed by atoms with Gasteiger partial charge in [0.1, 0.15) is 11.9 Å². The zero-order valence-corrected chi connectivity index (χ0v) is 10.2. The van der Waals surface area contributed by atoms with E-state index >= 15 is 0 Å². The maximum Gasteiger partial charge on any atom is 0.320 e. The molecule has 0 radical (unpaired) electrons. The van der Waals surface area contributed by atoms with Crippen LogP contribution in [0.3, 0.4) is 0 Å². The molecule has 0 N–H and O–H groups in total. The largest absolute Gasteiger partial charge is 0.465 e. The zero-order chi connectivity index (χ0) is 12.6. The Kier molecular flexibility index (Phi) is 7.23. The van der Waals surface area contributed by atoms with E-state index in [4.69, 9.17) is 9.47 Å². The highest BCUT2D eigenvalue weighted by atomic mass is 16.5. The molecule has 0 spiro atoms. The summed E-state index contributed by atoms with van der Waals surface area (Å²) in [5, 5.41) is 0. The van der Waals surface area contributed by atoms with E-state index < -0.39 is 18.0 Å². The Morgan fingerprint density at radius 3 is 2.25 bits per heavy atom. The van der Waals surface area contributed by atoms with Gasteiger partial charge in [0.05, 0.1) is 6.61 Å². The third kappa shape index (κ3) is 4.45. The summed E-state index contributed by atoms with van der Waals surface area (Å²) in [4.78, 5) is 23.0. The molecule has 0 aromatic carbocycles. The molecule has 0 bridgehead atoms. The molecule has 2 unspecified atom stereocenters. The summed E-state index contributed by atoms with van der Waals surface area (Å²) in [6.07, 6.45) is -0.716. The average molecular weight is 226 g/mol. The molecule has 0 aliphatic heterocycles. The van der Waals surface area contributed by atoms with Crippen molar-refractivity contribution in [2.24, 2.45) is 5.92 Å². The van der Waals surface area contributed by atoms with Crippen molar-refractivity contribution < 1.29 is 19.1 Å². The number of ether oxygens (including phenoxy) is 2. The van der Waals surface area contributed by atoms with Gasteiger partial charge < -0.3 is 9.47 Å². The van der Waals surface area contributed by atoms with E-state index in [2.05, 4.69) is 11.8 Å². The minimum absolute atomic E-state index is 0.237. The van der Waals surface area contributed by atoms with Crippen LogP contribution in [0.1, 0.15) is 27.7 Å². The van der Waals surface area contributed by atoms with Gasteiger partial charge in [-0.2, -0.15) is 0 Å². The second-order valence-corrected chi connectivity index (χ2v) is 3.11. The van der Waals surface area contributed by atoms with Crippen LogP contribution in [0.5, 0.6) is 0 Å². The predicted molar refractivity (Wildman–Crippen MR) is 59.7 cm³/mol. The van der Waals surface area contributed by atoms with Gasteiger partial charge in [-0.25, -0.2) is 0 Å². The molecule has 0 aliphatic carbocycles. The summed E-state index contributed by atoms with van der Waals surface area (Å²) in [6, 6.07) is 0. The van der Waals surface area contributed by atoms with Crippen molar-refractivity contribution in [1.82, 2.24) is 0 Å². The van der Waals surface area contributed by atoms with E-state index in [-0.39, 0.29) is 12.4 Å². The fourth-order valence-corrected chi connectivity index (χ4v) is 1.28. The number of Topliss-reactive ketones (excluding diaryl/α,β-unsaturated/α-hetero) is 1. The Morgan fingerprint density at radius 1 is 1.25 bits per heavy atom. The first kappa shape index (κ1) is 14.7. The van der Waals surface area contributed by atoms with Gasteiger partial charge in [0.15, 0.2) is 5.92 Å². The smallest absolute Gasteiger partial charge is 0.320 e. The molecule has 90 valence electrons. The fourth-order valence-electron chi connectivity index (χ4n) is 1.28. The lowest BCUT2D eigenvalue weighted by Crippen LogP contribution is -2.36. The van der Waals surface area contributed by atoms with Gasteiger partial charge in [-0.15, -0.1) is 5.92 Å². The van der Waals surface area contributed by atoms with Crippen molar-refractivity contribution in [3.8, 4) is 11.8 Å². The van der Waals surface area contributed by atoms with Crippen molar-refractivity contribution in [3.63, 3.8) is 0 Å². The Morgan fingerprint density at radius 2 is 1.88 bits per heavy atom. The van der Waals surface area contributed by atoms with E-state index in [1.165, 1.54) is 6.92 Å². The van der Waals surface area contributed by atoms with Crippen molar-refractivity contribution >= 4 is 11.8 Å². The maximum atomic E-state index is 11.6. The molecule has 0 aromatic heterocycles. The molecule has 0 heterocycles. The lowest BCUT2D eigenvalue weighted by atomic mass is 9.98. The summed E-state index contributed by atoms with van der Waals surface area (Å²) in [5.41, 5.74) is 0. The van der Waals surface area contributed by atoms with Crippen molar-refractivity contribution in [1.29, 1.82) is 0 Å². The molecule has 0 aromatic rings. The van der Waals surface area contributed by atoms with Crippen LogP contribution in [-0.2, 0) is 19.1 Å². The van der Waals surface area contributed by atoms with E-state index in [9.17, 15) is 9.59 Å². The first-order chi connectivity index (χ1) is 7.58. The topological polar surface area (TPSA) is 52.6 Å². The Balaban J connectivity index is 4.88. The number of rotatable bonds is 6. The van der Waals surface area contributed by atoms with Crippen LogP contribution in [-0.4, -0.2) is 31.1 Å². The van der Waals surface area contributed by atoms with Crippen molar-refractivity contribution in [2.75, 3.05) is 13.2 Å². The molecule has 0 fully saturated rings. The van der Waals surface area contributed by atoms with E-state index in [0.717, 1.165) is 0 Å². The lowest BCUT2D eigenvalue weighted by molar-refractivity contribution is -0.155. The fraction of sp³-hybridized carbons (Fsp3) is 0.667. The molecule has 0 amide bonds. The number of hydrogen-bond donors (Lipinski definition) is 0. The van der Waals surface area contributed by atoms with Gasteiger partial charge in [-0.3, -0.25) is 9.59 Å². The first-order valence-electron chi connectivity index (χ1n) is 5.29. The Bertz CT molecular complexity index is 298. The monoisotopic (exact) mass is 226 g/mol. The third-order valence-electron chi connectivity index (χ3n) is 1.91. The molecule has 0 saturated carbocycles. The van der Waals surface area contributed by atoms with Gasteiger partial charge in [0, 0.05) is 6.61 Å².